The van der Waals surface area contributed by atoms with Gasteiger partial charge < -0.3 is 16.2 Å². The van der Waals surface area contributed by atoms with Gasteiger partial charge in [0.15, 0.2) is 5.69 Å². The molecular formula is C18H20N4O4. The molecule has 136 valence electrons. The van der Waals surface area contributed by atoms with Gasteiger partial charge in [0.2, 0.25) is 5.91 Å². The van der Waals surface area contributed by atoms with Gasteiger partial charge in [-0.05, 0) is 24.5 Å². The van der Waals surface area contributed by atoms with Gasteiger partial charge in [-0.2, -0.15) is 0 Å². The molecule has 1 aromatic carbocycles. The third kappa shape index (κ3) is 4.85. The second-order valence-electron chi connectivity index (χ2n) is 6.23. The van der Waals surface area contributed by atoms with Gasteiger partial charge in [0.05, 0.1) is 18.1 Å². The smallest absolute Gasteiger partial charge is 0.356 e. The largest absolute Gasteiger partial charge is 0.476 e. The number of primary amides is 1. The summed E-state index contributed by atoms with van der Waals surface area (Å²) in [7, 11) is 0. The third-order valence-electron chi connectivity index (χ3n) is 3.65. The van der Waals surface area contributed by atoms with Crippen molar-refractivity contribution < 1.29 is 19.5 Å². The molecule has 0 saturated heterocycles. The lowest BCUT2D eigenvalue weighted by Gasteiger charge is -2.17. The van der Waals surface area contributed by atoms with Gasteiger partial charge in [-0.3, -0.25) is 14.6 Å². The van der Waals surface area contributed by atoms with Crippen molar-refractivity contribution in [1.82, 2.24) is 15.3 Å². The van der Waals surface area contributed by atoms with Crippen LogP contribution in [0, 0.1) is 5.92 Å². The number of benzene rings is 1. The number of carbonyl (C=O) groups excluding carboxylic acids is 2. The van der Waals surface area contributed by atoms with Crippen LogP contribution in [0.4, 0.5) is 0 Å². The van der Waals surface area contributed by atoms with E-state index in [1.165, 1.54) is 6.20 Å². The molecule has 1 heterocycles. The lowest BCUT2D eigenvalue weighted by molar-refractivity contribution is -0.120. The number of hydrogen-bond donors (Lipinski definition) is 3. The van der Waals surface area contributed by atoms with Gasteiger partial charge in [0.1, 0.15) is 6.04 Å². The van der Waals surface area contributed by atoms with Crippen LogP contribution < -0.4 is 11.1 Å². The molecule has 26 heavy (non-hydrogen) atoms. The molecule has 1 unspecified atom stereocenters. The van der Waals surface area contributed by atoms with Crippen LogP contribution in [0.15, 0.2) is 36.7 Å². The highest BCUT2D eigenvalue weighted by Crippen LogP contribution is 2.17. The first-order valence-electron chi connectivity index (χ1n) is 8.04. The van der Waals surface area contributed by atoms with Crippen molar-refractivity contribution in [2.24, 2.45) is 11.7 Å². The van der Waals surface area contributed by atoms with E-state index in [0.717, 1.165) is 6.20 Å². The predicted molar refractivity (Wildman–Crippen MR) is 94.3 cm³/mol. The first-order valence-corrected chi connectivity index (χ1v) is 8.04. The summed E-state index contributed by atoms with van der Waals surface area (Å²) >= 11 is 0. The quantitative estimate of drug-likeness (QED) is 0.687. The Morgan fingerprint density at radius 2 is 1.81 bits per heavy atom. The number of nitrogens with zero attached hydrogens (tertiary/aromatic N) is 2. The molecule has 0 spiro atoms. The number of amides is 2. The fourth-order valence-corrected chi connectivity index (χ4v) is 2.36. The second kappa shape index (κ2) is 8.19. The van der Waals surface area contributed by atoms with Gasteiger partial charge in [-0.15, -0.1) is 0 Å². The van der Waals surface area contributed by atoms with Crippen molar-refractivity contribution in [3.63, 3.8) is 0 Å². The number of carboxylic acids is 1. The molecule has 8 heteroatoms. The lowest BCUT2D eigenvalue weighted by atomic mass is 10.0. The molecule has 0 radical (unpaired) electrons. The van der Waals surface area contributed by atoms with Crippen LogP contribution in [0.5, 0.6) is 0 Å². The summed E-state index contributed by atoms with van der Waals surface area (Å²) < 4.78 is 0. The summed E-state index contributed by atoms with van der Waals surface area (Å²) in [6.07, 6.45) is 3.05. The van der Waals surface area contributed by atoms with Gasteiger partial charge in [-0.25, -0.2) is 9.78 Å². The maximum Gasteiger partial charge on any atom is 0.356 e. The van der Waals surface area contributed by atoms with Crippen molar-refractivity contribution in [1.29, 1.82) is 0 Å². The number of carbonyl (C=O) groups is 3. The Morgan fingerprint density at radius 1 is 1.15 bits per heavy atom. The molecule has 0 aliphatic heterocycles. The summed E-state index contributed by atoms with van der Waals surface area (Å²) in [6, 6.07) is 5.65. The monoisotopic (exact) mass is 356 g/mol. The van der Waals surface area contributed by atoms with Crippen LogP contribution in [-0.2, 0) is 4.79 Å². The molecule has 1 aromatic heterocycles. The number of nitrogens with two attached hydrogens (primary N) is 1. The minimum atomic E-state index is -1.17. The first kappa shape index (κ1) is 19.0. The Kier molecular flexibility index (Phi) is 6.00. The average Bonchev–Trinajstić information content (AvgIpc) is 2.60. The fourth-order valence-electron chi connectivity index (χ4n) is 2.36. The van der Waals surface area contributed by atoms with E-state index in [0.29, 0.717) is 23.2 Å². The zero-order valence-electron chi connectivity index (χ0n) is 14.5. The SMILES string of the molecule is CC(C)CC(NC(=O)c1ccc(-c2cncc(C(=O)O)n2)cc1)C(N)=O. The Morgan fingerprint density at radius 3 is 2.35 bits per heavy atom. The predicted octanol–water partition coefficient (Wildman–Crippen LogP) is 1.47. The van der Waals surface area contributed by atoms with E-state index < -0.39 is 23.8 Å². The van der Waals surface area contributed by atoms with Crippen LogP contribution in [0.3, 0.4) is 0 Å². The molecule has 0 fully saturated rings. The lowest BCUT2D eigenvalue weighted by Crippen LogP contribution is -2.45. The summed E-state index contributed by atoms with van der Waals surface area (Å²) in [5.74, 6) is -1.95. The van der Waals surface area contributed by atoms with E-state index in [4.69, 9.17) is 10.8 Å². The Bertz CT molecular complexity index is 818. The molecule has 0 saturated carbocycles. The number of nitrogens with one attached hydrogen (secondary N) is 1. The molecule has 0 aliphatic rings. The summed E-state index contributed by atoms with van der Waals surface area (Å²) in [5, 5.41) is 11.6. The van der Waals surface area contributed by atoms with Crippen LogP contribution >= 0.6 is 0 Å². The molecular weight excluding hydrogens is 336 g/mol. The van der Waals surface area contributed by atoms with Gasteiger partial charge in [-0.1, -0.05) is 26.0 Å². The van der Waals surface area contributed by atoms with E-state index in [9.17, 15) is 14.4 Å². The molecule has 1 atom stereocenters. The number of hydrogen-bond acceptors (Lipinski definition) is 5. The highest BCUT2D eigenvalue weighted by molar-refractivity contribution is 5.97. The Hall–Kier alpha value is -3.29. The van der Waals surface area contributed by atoms with Crippen molar-refractivity contribution in [3.8, 4) is 11.3 Å². The summed E-state index contributed by atoms with van der Waals surface area (Å²) in [6.45, 7) is 3.87. The molecule has 8 nitrogen and oxygen atoms in total. The molecule has 2 amide bonds. The van der Waals surface area contributed by atoms with Crippen LogP contribution in [-0.4, -0.2) is 38.9 Å². The van der Waals surface area contributed by atoms with Gasteiger partial charge >= 0.3 is 5.97 Å². The van der Waals surface area contributed by atoms with Crippen molar-refractivity contribution in [3.05, 3.63) is 47.9 Å². The zero-order chi connectivity index (χ0) is 19.3. The van der Waals surface area contributed by atoms with Crippen LogP contribution in [0.1, 0.15) is 41.1 Å². The Balaban J connectivity index is 2.16. The molecule has 4 N–H and O–H groups in total. The van der Waals surface area contributed by atoms with E-state index >= 15 is 0 Å². The number of carboxylic acid groups (broad SMARTS) is 1. The van der Waals surface area contributed by atoms with E-state index in [-0.39, 0.29) is 11.6 Å². The standard InChI is InChI=1S/C18H20N4O4/c1-10(2)7-13(16(19)23)22-17(24)12-5-3-11(4-6-12)14-8-20-9-15(21-14)18(25)26/h3-6,8-10,13H,7H2,1-2H3,(H2,19,23)(H,22,24)(H,25,26). The van der Waals surface area contributed by atoms with Gasteiger partial charge in [0, 0.05) is 11.1 Å². The number of rotatable bonds is 7. The topological polar surface area (TPSA) is 135 Å². The van der Waals surface area contributed by atoms with E-state index in [1.807, 2.05) is 13.8 Å². The summed E-state index contributed by atoms with van der Waals surface area (Å²) in [4.78, 5) is 42.6. The molecule has 2 aromatic rings. The molecule has 0 aliphatic carbocycles. The van der Waals surface area contributed by atoms with Crippen LogP contribution in [0.25, 0.3) is 11.3 Å². The van der Waals surface area contributed by atoms with Crippen molar-refractivity contribution in [2.75, 3.05) is 0 Å². The average molecular weight is 356 g/mol. The molecule has 0 bridgehead atoms. The minimum Gasteiger partial charge on any atom is -0.476 e. The van der Waals surface area contributed by atoms with Crippen LogP contribution in [0.2, 0.25) is 0 Å². The third-order valence-corrected chi connectivity index (χ3v) is 3.65. The highest BCUT2D eigenvalue weighted by Gasteiger charge is 2.20. The normalized spacial score (nSPS) is 11.8. The fraction of sp³-hybridized carbons (Fsp3) is 0.278. The van der Waals surface area contributed by atoms with E-state index in [2.05, 4.69) is 15.3 Å². The van der Waals surface area contributed by atoms with Crippen molar-refractivity contribution >= 4 is 17.8 Å². The number of aromatic nitrogens is 2. The Labute approximate surface area is 150 Å². The van der Waals surface area contributed by atoms with Crippen molar-refractivity contribution in [2.45, 2.75) is 26.3 Å². The zero-order valence-corrected chi connectivity index (χ0v) is 14.5. The minimum absolute atomic E-state index is 0.165. The maximum atomic E-state index is 12.3. The highest BCUT2D eigenvalue weighted by atomic mass is 16.4. The second-order valence-corrected chi connectivity index (χ2v) is 6.23. The number of aromatic carboxylic acids is 1. The molecule has 2 rings (SSSR count). The summed E-state index contributed by atoms with van der Waals surface area (Å²) in [5.41, 5.74) is 6.52. The first-order chi connectivity index (χ1) is 12.3. The van der Waals surface area contributed by atoms with E-state index in [1.54, 1.807) is 24.3 Å². The maximum absolute atomic E-state index is 12.3. The van der Waals surface area contributed by atoms with Gasteiger partial charge in [0.25, 0.3) is 5.91 Å².